The Morgan fingerprint density at radius 1 is 1.00 bits per heavy atom. The van der Waals surface area contributed by atoms with Crippen LogP contribution >= 0.6 is 0 Å². The van der Waals surface area contributed by atoms with Gasteiger partial charge in [0.2, 0.25) is 0 Å². The van der Waals surface area contributed by atoms with Gasteiger partial charge in [0.25, 0.3) is 0 Å². The molecule has 1 saturated heterocycles. The molecule has 5 rings (SSSR count). The Labute approximate surface area is 211 Å². The Morgan fingerprint density at radius 2 is 1.83 bits per heavy atom. The fourth-order valence-electron chi connectivity index (χ4n) is 4.88. The first-order chi connectivity index (χ1) is 17.7. The molecule has 2 aromatic heterocycles. The fraction of sp³-hybridized carbons (Fsp3) is 0.310. The minimum absolute atomic E-state index is 0.403. The maximum atomic E-state index is 12.1. The standard InChI is InChI=1S/C29H31N3O4/c1-34-28-17-21(9-10-24(28)29(33)35-2)20-32-25(18-22-11-12-30-19-26(22)32)23-7-3-4-8-27(23)36-16-15-31-13-5-6-14-31/h3-4,7-12,17-19H,5-6,13-16,20H2,1-2H3. The molecule has 0 N–H and O–H groups in total. The van der Waals surface area contributed by atoms with Crippen molar-refractivity contribution < 1.29 is 19.0 Å². The molecule has 0 amide bonds. The molecule has 2 aromatic carbocycles. The fourth-order valence-corrected chi connectivity index (χ4v) is 4.88. The van der Waals surface area contributed by atoms with Crippen molar-refractivity contribution >= 4 is 16.9 Å². The summed E-state index contributed by atoms with van der Waals surface area (Å²) in [6.07, 6.45) is 6.24. The average molecular weight is 486 g/mol. The Morgan fingerprint density at radius 3 is 2.64 bits per heavy atom. The van der Waals surface area contributed by atoms with Gasteiger partial charge in [0.1, 0.15) is 23.7 Å². The summed E-state index contributed by atoms with van der Waals surface area (Å²) in [4.78, 5) is 18.9. The third-order valence-electron chi connectivity index (χ3n) is 6.75. The summed E-state index contributed by atoms with van der Waals surface area (Å²) in [6.45, 7) is 4.48. The van der Waals surface area contributed by atoms with Gasteiger partial charge in [-0.05, 0) is 67.9 Å². The van der Waals surface area contributed by atoms with Crippen LogP contribution in [0.2, 0.25) is 0 Å². The largest absolute Gasteiger partial charge is 0.496 e. The third-order valence-corrected chi connectivity index (χ3v) is 6.75. The Kier molecular flexibility index (Phi) is 7.18. The number of hydrogen-bond donors (Lipinski definition) is 0. The molecule has 7 nitrogen and oxygen atoms in total. The van der Waals surface area contributed by atoms with Gasteiger partial charge < -0.3 is 18.8 Å². The van der Waals surface area contributed by atoms with Crippen LogP contribution in [0.3, 0.4) is 0 Å². The molecule has 186 valence electrons. The van der Waals surface area contributed by atoms with Crippen LogP contribution in [-0.4, -0.2) is 60.9 Å². The average Bonchev–Trinajstić information content (AvgIpc) is 3.57. The van der Waals surface area contributed by atoms with Gasteiger partial charge in [0.05, 0.1) is 31.6 Å². The van der Waals surface area contributed by atoms with E-state index in [4.69, 9.17) is 14.2 Å². The number of methoxy groups -OCH3 is 2. The highest BCUT2D eigenvalue weighted by molar-refractivity contribution is 5.92. The summed E-state index contributed by atoms with van der Waals surface area (Å²) in [7, 11) is 2.92. The molecule has 0 atom stereocenters. The second-order valence-corrected chi connectivity index (χ2v) is 8.97. The predicted octanol–water partition coefficient (Wildman–Crippen LogP) is 5.02. The first kappa shape index (κ1) is 23.9. The molecule has 1 fully saturated rings. The number of rotatable bonds is 9. The molecule has 0 aliphatic carbocycles. The molecule has 7 heteroatoms. The summed E-state index contributed by atoms with van der Waals surface area (Å²) < 4.78 is 18.9. The van der Waals surface area contributed by atoms with E-state index in [0.29, 0.717) is 24.5 Å². The summed E-state index contributed by atoms with van der Waals surface area (Å²) in [5, 5.41) is 1.10. The number of pyridine rings is 1. The molecule has 0 unspecified atom stereocenters. The van der Waals surface area contributed by atoms with E-state index in [0.717, 1.165) is 53.1 Å². The molecular weight excluding hydrogens is 454 g/mol. The van der Waals surface area contributed by atoms with Gasteiger partial charge in [0.15, 0.2) is 0 Å². The van der Waals surface area contributed by atoms with Gasteiger partial charge in [-0.25, -0.2) is 4.79 Å². The van der Waals surface area contributed by atoms with Gasteiger partial charge in [-0.2, -0.15) is 0 Å². The van der Waals surface area contributed by atoms with E-state index >= 15 is 0 Å². The number of likely N-dealkylation sites (tertiary alicyclic amines) is 1. The molecule has 4 aromatic rings. The van der Waals surface area contributed by atoms with Gasteiger partial charge in [0, 0.05) is 30.2 Å². The monoisotopic (exact) mass is 485 g/mol. The van der Waals surface area contributed by atoms with E-state index in [2.05, 4.69) is 26.6 Å². The number of hydrogen-bond acceptors (Lipinski definition) is 6. The first-order valence-electron chi connectivity index (χ1n) is 12.3. The number of carbonyl (C=O) groups is 1. The minimum atomic E-state index is -0.422. The molecule has 1 aliphatic heterocycles. The highest BCUT2D eigenvalue weighted by Crippen LogP contribution is 2.35. The van der Waals surface area contributed by atoms with Crippen LogP contribution in [0.5, 0.6) is 11.5 Å². The zero-order valence-corrected chi connectivity index (χ0v) is 20.8. The lowest BCUT2D eigenvalue weighted by molar-refractivity contribution is 0.0597. The minimum Gasteiger partial charge on any atom is -0.496 e. The molecular formula is C29H31N3O4. The maximum absolute atomic E-state index is 12.1. The lowest BCUT2D eigenvalue weighted by Crippen LogP contribution is -2.25. The SMILES string of the molecule is COC(=O)c1ccc(Cn2c(-c3ccccc3OCCN3CCCC3)cc3ccncc32)cc1OC. The van der Waals surface area contributed by atoms with E-state index in [1.165, 1.54) is 20.0 Å². The van der Waals surface area contributed by atoms with E-state index in [9.17, 15) is 4.79 Å². The van der Waals surface area contributed by atoms with Crippen molar-refractivity contribution in [2.45, 2.75) is 19.4 Å². The van der Waals surface area contributed by atoms with Gasteiger partial charge >= 0.3 is 5.97 Å². The van der Waals surface area contributed by atoms with Crippen molar-refractivity contribution in [1.82, 2.24) is 14.5 Å². The summed E-state index contributed by atoms with van der Waals surface area (Å²) in [6, 6.07) is 18.0. The maximum Gasteiger partial charge on any atom is 0.341 e. The quantitative estimate of drug-likeness (QED) is 0.310. The Balaban J connectivity index is 1.49. The second kappa shape index (κ2) is 10.8. The predicted molar refractivity (Wildman–Crippen MR) is 140 cm³/mol. The number of aromatic nitrogens is 2. The van der Waals surface area contributed by atoms with Crippen molar-refractivity contribution in [3.63, 3.8) is 0 Å². The Hall–Kier alpha value is -3.84. The number of carbonyl (C=O) groups excluding carboxylic acids is 1. The van der Waals surface area contributed by atoms with Crippen molar-refractivity contribution in [3.8, 4) is 22.8 Å². The molecule has 0 bridgehead atoms. The highest BCUT2D eigenvalue weighted by Gasteiger charge is 2.18. The number of para-hydroxylation sites is 1. The number of esters is 1. The van der Waals surface area contributed by atoms with Crippen molar-refractivity contribution in [2.24, 2.45) is 0 Å². The molecule has 3 heterocycles. The van der Waals surface area contributed by atoms with Crippen molar-refractivity contribution in [2.75, 3.05) is 40.5 Å². The van der Waals surface area contributed by atoms with Crippen LogP contribution in [0.15, 0.2) is 67.0 Å². The third kappa shape index (κ3) is 4.93. The van der Waals surface area contributed by atoms with Crippen molar-refractivity contribution in [3.05, 3.63) is 78.1 Å². The van der Waals surface area contributed by atoms with Crippen LogP contribution < -0.4 is 9.47 Å². The van der Waals surface area contributed by atoms with E-state index in [1.807, 2.05) is 48.8 Å². The first-order valence-corrected chi connectivity index (χ1v) is 12.3. The summed E-state index contributed by atoms with van der Waals surface area (Å²) >= 11 is 0. The number of nitrogens with zero attached hydrogens (tertiary/aromatic N) is 3. The highest BCUT2D eigenvalue weighted by atomic mass is 16.5. The molecule has 36 heavy (non-hydrogen) atoms. The summed E-state index contributed by atoms with van der Waals surface area (Å²) in [5.74, 6) is 0.933. The van der Waals surface area contributed by atoms with Gasteiger partial charge in [-0.15, -0.1) is 0 Å². The van der Waals surface area contributed by atoms with E-state index < -0.39 is 5.97 Å². The summed E-state index contributed by atoms with van der Waals surface area (Å²) in [5.41, 5.74) is 4.50. The van der Waals surface area contributed by atoms with Crippen molar-refractivity contribution in [1.29, 1.82) is 0 Å². The Bertz CT molecular complexity index is 1360. The lowest BCUT2D eigenvalue weighted by atomic mass is 10.1. The molecule has 0 radical (unpaired) electrons. The number of benzene rings is 2. The topological polar surface area (TPSA) is 65.8 Å². The molecule has 0 spiro atoms. The number of fused-ring (bicyclic) bond motifs is 1. The van der Waals surface area contributed by atoms with Crippen LogP contribution in [0, 0.1) is 0 Å². The van der Waals surface area contributed by atoms with E-state index in [-0.39, 0.29) is 0 Å². The van der Waals surface area contributed by atoms with Crippen LogP contribution in [0.4, 0.5) is 0 Å². The normalized spacial score (nSPS) is 13.7. The van der Waals surface area contributed by atoms with E-state index in [1.54, 1.807) is 13.2 Å². The molecule has 1 aliphatic rings. The zero-order valence-electron chi connectivity index (χ0n) is 20.8. The number of ether oxygens (including phenoxy) is 3. The zero-order chi connectivity index (χ0) is 24.9. The lowest BCUT2D eigenvalue weighted by Gasteiger charge is -2.18. The van der Waals surface area contributed by atoms with Gasteiger partial charge in [-0.1, -0.05) is 18.2 Å². The smallest absolute Gasteiger partial charge is 0.341 e. The van der Waals surface area contributed by atoms with Crippen LogP contribution in [-0.2, 0) is 11.3 Å². The van der Waals surface area contributed by atoms with Crippen LogP contribution in [0.25, 0.3) is 22.2 Å². The van der Waals surface area contributed by atoms with Crippen LogP contribution in [0.1, 0.15) is 28.8 Å². The second-order valence-electron chi connectivity index (χ2n) is 8.97. The molecule has 0 saturated carbocycles. The van der Waals surface area contributed by atoms with Gasteiger partial charge in [-0.3, -0.25) is 9.88 Å².